The molecule has 1 aliphatic carbocycles. The van der Waals surface area contributed by atoms with Crippen LogP contribution in [0.3, 0.4) is 0 Å². The Balaban J connectivity index is 2.09. The summed E-state index contributed by atoms with van der Waals surface area (Å²) in [6.45, 7) is 4.75. The van der Waals surface area contributed by atoms with E-state index in [0.29, 0.717) is 11.8 Å². The van der Waals surface area contributed by atoms with Gasteiger partial charge in [-0.25, -0.2) is 4.98 Å². The molecule has 0 spiro atoms. The molecule has 2 atom stereocenters. The van der Waals surface area contributed by atoms with Gasteiger partial charge in [-0.15, -0.1) is 10.2 Å². The van der Waals surface area contributed by atoms with E-state index in [9.17, 15) is 0 Å². The summed E-state index contributed by atoms with van der Waals surface area (Å²) in [7, 11) is 0. The summed E-state index contributed by atoms with van der Waals surface area (Å²) < 4.78 is 2.10. The first-order valence-corrected chi connectivity index (χ1v) is 7.10. The van der Waals surface area contributed by atoms with Gasteiger partial charge in [0.25, 0.3) is 0 Å². The molecule has 2 aromatic heterocycles. The minimum Gasteiger partial charge on any atom is -0.330 e. The number of rotatable bonds is 2. The first kappa shape index (κ1) is 12.5. The lowest BCUT2D eigenvalue weighted by Gasteiger charge is -2.29. The molecule has 19 heavy (non-hydrogen) atoms. The van der Waals surface area contributed by atoms with E-state index in [1.807, 2.05) is 19.9 Å². The maximum atomic E-state index is 5.93. The fraction of sp³-hybridized carbons (Fsp3) is 0.643. The summed E-state index contributed by atoms with van der Waals surface area (Å²) >= 11 is 0. The molecular weight excluding hydrogens is 238 g/mol. The van der Waals surface area contributed by atoms with E-state index in [0.717, 1.165) is 36.0 Å². The summed E-state index contributed by atoms with van der Waals surface area (Å²) in [5, 5.41) is 8.75. The van der Waals surface area contributed by atoms with Crippen LogP contribution in [0, 0.1) is 19.8 Å². The van der Waals surface area contributed by atoms with Crippen LogP contribution in [0.15, 0.2) is 6.07 Å². The first-order valence-electron chi connectivity index (χ1n) is 7.10. The highest BCUT2D eigenvalue weighted by molar-refractivity contribution is 5.40. The van der Waals surface area contributed by atoms with E-state index < -0.39 is 0 Å². The number of nitrogens with zero attached hydrogens (tertiary/aromatic N) is 4. The molecule has 2 aromatic rings. The Labute approximate surface area is 113 Å². The molecule has 0 amide bonds. The van der Waals surface area contributed by atoms with Gasteiger partial charge in [0, 0.05) is 17.7 Å². The summed E-state index contributed by atoms with van der Waals surface area (Å²) in [6, 6.07) is 1.99. The standard InChI is InChI=1S/C14H21N5/c1-9-7-13-17-18-14(19(13)10(2)16-9)12-6-4-3-5-11(12)8-15/h7,11-12H,3-6,8,15H2,1-2H3. The molecule has 1 fully saturated rings. The second-order valence-corrected chi connectivity index (χ2v) is 5.58. The lowest BCUT2D eigenvalue weighted by Crippen LogP contribution is -2.27. The van der Waals surface area contributed by atoms with Crippen molar-refractivity contribution >= 4 is 5.65 Å². The predicted octanol–water partition coefficient (Wildman–Crippen LogP) is 1.97. The smallest absolute Gasteiger partial charge is 0.164 e. The third-order valence-electron chi connectivity index (χ3n) is 4.26. The first-order chi connectivity index (χ1) is 9.20. The lowest BCUT2D eigenvalue weighted by atomic mass is 9.79. The monoisotopic (exact) mass is 259 g/mol. The Hall–Kier alpha value is -1.49. The maximum Gasteiger partial charge on any atom is 0.164 e. The zero-order chi connectivity index (χ0) is 13.4. The number of fused-ring (bicyclic) bond motifs is 1. The summed E-state index contributed by atoms with van der Waals surface area (Å²) in [4.78, 5) is 4.53. The Morgan fingerprint density at radius 1 is 1.26 bits per heavy atom. The van der Waals surface area contributed by atoms with Gasteiger partial charge in [-0.2, -0.15) is 0 Å². The van der Waals surface area contributed by atoms with Gasteiger partial charge in [-0.05, 0) is 39.2 Å². The Morgan fingerprint density at radius 2 is 2.05 bits per heavy atom. The van der Waals surface area contributed by atoms with Crippen LogP contribution in [0.2, 0.25) is 0 Å². The third-order valence-corrected chi connectivity index (χ3v) is 4.26. The highest BCUT2D eigenvalue weighted by Gasteiger charge is 2.29. The summed E-state index contributed by atoms with van der Waals surface area (Å²) in [5.41, 5.74) is 7.83. The molecule has 0 aliphatic heterocycles. The molecule has 1 aliphatic rings. The predicted molar refractivity (Wildman–Crippen MR) is 74.0 cm³/mol. The molecule has 0 bridgehead atoms. The molecule has 5 heteroatoms. The number of hydrogen-bond acceptors (Lipinski definition) is 4. The van der Waals surface area contributed by atoms with Crippen LogP contribution in [0.1, 0.15) is 48.9 Å². The molecule has 2 N–H and O–H groups in total. The van der Waals surface area contributed by atoms with E-state index in [-0.39, 0.29) is 0 Å². The van der Waals surface area contributed by atoms with Crippen molar-refractivity contribution in [3.05, 3.63) is 23.4 Å². The molecule has 1 saturated carbocycles. The fourth-order valence-electron chi connectivity index (χ4n) is 3.33. The molecule has 5 nitrogen and oxygen atoms in total. The number of aryl methyl sites for hydroxylation is 2. The van der Waals surface area contributed by atoms with Crippen molar-refractivity contribution in [2.24, 2.45) is 11.7 Å². The Morgan fingerprint density at radius 3 is 2.84 bits per heavy atom. The molecule has 2 heterocycles. The maximum absolute atomic E-state index is 5.93. The van der Waals surface area contributed by atoms with E-state index in [1.165, 1.54) is 19.3 Å². The van der Waals surface area contributed by atoms with Crippen LogP contribution in [0.5, 0.6) is 0 Å². The number of hydrogen-bond donors (Lipinski definition) is 1. The van der Waals surface area contributed by atoms with Gasteiger partial charge in [0.1, 0.15) is 11.6 Å². The topological polar surface area (TPSA) is 69.1 Å². The SMILES string of the molecule is Cc1cc2nnc(C3CCCCC3CN)n2c(C)n1. The van der Waals surface area contributed by atoms with Crippen molar-refractivity contribution in [2.75, 3.05) is 6.54 Å². The van der Waals surface area contributed by atoms with Gasteiger partial charge in [0.2, 0.25) is 0 Å². The minimum atomic E-state index is 0.428. The zero-order valence-corrected chi connectivity index (χ0v) is 11.6. The van der Waals surface area contributed by atoms with Crippen LogP contribution in [-0.2, 0) is 0 Å². The van der Waals surface area contributed by atoms with Gasteiger partial charge >= 0.3 is 0 Å². The van der Waals surface area contributed by atoms with E-state index in [4.69, 9.17) is 5.73 Å². The van der Waals surface area contributed by atoms with Gasteiger partial charge in [-0.3, -0.25) is 4.40 Å². The fourth-order valence-corrected chi connectivity index (χ4v) is 3.33. The van der Waals surface area contributed by atoms with Crippen molar-refractivity contribution in [2.45, 2.75) is 45.4 Å². The summed E-state index contributed by atoms with van der Waals surface area (Å²) in [6.07, 6.45) is 4.91. The molecule has 0 radical (unpaired) electrons. The molecule has 3 rings (SSSR count). The van der Waals surface area contributed by atoms with Crippen LogP contribution in [0.25, 0.3) is 5.65 Å². The Kier molecular flexibility index (Phi) is 3.22. The van der Waals surface area contributed by atoms with Crippen molar-refractivity contribution in [1.82, 2.24) is 19.6 Å². The number of aromatic nitrogens is 4. The van der Waals surface area contributed by atoms with E-state index >= 15 is 0 Å². The molecule has 0 aromatic carbocycles. The molecular formula is C14H21N5. The number of nitrogens with two attached hydrogens (primary N) is 1. The van der Waals surface area contributed by atoms with Crippen molar-refractivity contribution < 1.29 is 0 Å². The lowest BCUT2D eigenvalue weighted by molar-refractivity contribution is 0.302. The third kappa shape index (κ3) is 2.12. The highest BCUT2D eigenvalue weighted by atomic mass is 15.3. The largest absolute Gasteiger partial charge is 0.330 e. The quantitative estimate of drug-likeness (QED) is 0.895. The zero-order valence-electron chi connectivity index (χ0n) is 11.6. The van der Waals surface area contributed by atoms with Crippen molar-refractivity contribution in [3.63, 3.8) is 0 Å². The van der Waals surface area contributed by atoms with E-state index in [2.05, 4.69) is 19.6 Å². The molecule has 0 saturated heterocycles. The van der Waals surface area contributed by atoms with Crippen molar-refractivity contribution in [3.8, 4) is 0 Å². The second-order valence-electron chi connectivity index (χ2n) is 5.58. The minimum absolute atomic E-state index is 0.428. The van der Waals surface area contributed by atoms with Gasteiger partial charge < -0.3 is 5.73 Å². The van der Waals surface area contributed by atoms with Crippen LogP contribution in [-0.4, -0.2) is 26.1 Å². The van der Waals surface area contributed by atoms with Gasteiger partial charge in [0.05, 0.1) is 0 Å². The second kappa shape index (κ2) is 4.89. The van der Waals surface area contributed by atoms with Crippen LogP contribution < -0.4 is 5.73 Å². The van der Waals surface area contributed by atoms with Crippen LogP contribution in [0.4, 0.5) is 0 Å². The normalized spacial score (nSPS) is 23.9. The van der Waals surface area contributed by atoms with E-state index in [1.54, 1.807) is 0 Å². The van der Waals surface area contributed by atoms with Gasteiger partial charge in [0.15, 0.2) is 5.65 Å². The molecule has 102 valence electrons. The van der Waals surface area contributed by atoms with Crippen molar-refractivity contribution in [1.29, 1.82) is 0 Å². The summed E-state index contributed by atoms with van der Waals surface area (Å²) in [5.74, 6) is 2.98. The average Bonchev–Trinajstić information content (AvgIpc) is 2.82. The Bertz CT molecular complexity index is 589. The molecule has 2 unspecified atom stereocenters. The van der Waals surface area contributed by atoms with Gasteiger partial charge in [-0.1, -0.05) is 12.8 Å². The highest BCUT2D eigenvalue weighted by Crippen LogP contribution is 2.36. The average molecular weight is 259 g/mol. The van der Waals surface area contributed by atoms with Crippen LogP contribution >= 0.6 is 0 Å².